The lowest BCUT2D eigenvalue weighted by molar-refractivity contribution is 0.150. The van der Waals surface area contributed by atoms with Crippen molar-refractivity contribution in [3.8, 4) is 0 Å². The summed E-state index contributed by atoms with van der Waals surface area (Å²) in [7, 11) is 0. The maximum atomic E-state index is 12.2. The number of alkyl halides is 2. The highest BCUT2D eigenvalue weighted by Gasteiger charge is 2.10. The molecule has 1 rings (SSSR count). The van der Waals surface area contributed by atoms with Crippen molar-refractivity contribution >= 4 is 5.82 Å². The molecule has 0 unspecified atom stereocenters. The zero-order chi connectivity index (χ0) is 9.14. The van der Waals surface area contributed by atoms with Gasteiger partial charge in [0, 0.05) is 11.3 Å². The molecule has 3 nitrogen and oxygen atoms in total. The molecular weight excluding hydrogens is 164 g/mol. The molecule has 0 saturated carbocycles. The second-order valence-corrected chi connectivity index (χ2v) is 2.32. The third-order valence-electron chi connectivity index (χ3n) is 1.51. The number of rotatable bonds is 2. The average Bonchev–Trinajstić information content (AvgIpc) is 2.03. The van der Waals surface area contributed by atoms with Crippen LogP contribution in [0.4, 0.5) is 14.6 Å². The Bertz CT molecular complexity index is 275. The molecule has 1 aromatic heterocycles. The van der Waals surface area contributed by atoms with Gasteiger partial charge < -0.3 is 5.43 Å². The number of hydrogen-bond donors (Lipinski definition) is 2. The predicted molar refractivity (Wildman–Crippen MR) is 41.7 cm³/mol. The first-order valence-corrected chi connectivity index (χ1v) is 3.37. The number of nitrogens with zero attached hydrogens (tertiary/aromatic N) is 1. The van der Waals surface area contributed by atoms with Gasteiger partial charge >= 0.3 is 0 Å². The Morgan fingerprint density at radius 2 is 2.17 bits per heavy atom. The number of aromatic nitrogens is 1. The second kappa shape index (κ2) is 3.44. The molecular formula is C7H9F2N3. The quantitative estimate of drug-likeness (QED) is 0.527. The van der Waals surface area contributed by atoms with Crippen molar-refractivity contribution in [1.82, 2.24) is 4.98 Å². The number of hydrogen-bond acceptors (Lipinski definition) is 3. The summed E-state index contributed by atoms with van der Waals surface area (Å²) in [5, 5.41) is 0. The third-order valence-corrected chi connectivity index (χ3v) is 1.51. The SMILES string of the molecule is Cc1nc(NN)ccc1C(F)F. The van der Waals surface area contributed by atoms with Crippen LogP contribution in [-0.2, 0) is 0 Å². The Labute approximate surface area is 68.6 Å². The molecule has 0 radical (unpaired) electrons. The molecule has 66 valence electrons. The summed E-state index contributed by atoms with van der Waals surface area (Å²) >= 11 is 0. The van der Waals surface area contributed by atoms with Crippen LogP contribution >= 0.6 is 0 Å². The summed E-state index contributed by atoms with van der Waals surface area (Å²) in [4.78, 5) is 3.80. The molecule has 0 aliphatic heterocycles. The van der Waals surface area contributed by atoms with Crippen LogP contribution in [0.5, 0.6) is 0 Å². The third kappa shape index (κ3) is 1.68. The fourth-order valence-electron chi connectivity index (χ4n) is 0.883. The minimum absolute atomic E-state index is 0.0611. The van der Waals surface area contributed by atoms with Gasteiger partial charge in [0.1, 0.15) is 5.82 Å². The molecule has 0 bridgehead atoms. The lowest BCUT2D eigenvalue weighted by Crippen LogP contribution is -2.09. The fourth-order valence-corrected chi connectivity index (χ4v) is 0.883. The zero-order valence-corrected chi connectivity index (χ0v) is 6.51. The molecule has 0 aliphatic carbocycles. The van der Waals surface area contributed by atoms with Gasteiger partial charge in [-0.25, -0.2) is 19.6 Å². The normalized spacial score (nSPS) is 10.4. The highest BCUT2D eigenvalue weighted by atomic mass is 19.3. The maximum Gasteiger partial charge on any atom is 0.265 e. The van der Waals surface area contributed by atoms with E-state index in [1.807, 2.05) is 0 Å². The molecule has 1 aromatic rings. The van der Waals surface area contributed by atoms with Crippen LogP contribution in [-0.4, -0.2) is 4.98 Å². The summed E-state index contributed by atoms with van der Waals surface area (Å²) < 4.78 is 24.3. The molecule has 0 fully saturated rings. The van der Waals surface area contributed by atoms with Crippen LogP contribution in [0.1, 0.15) is 17.7 Å². The van der Waals surface area contributed by atoms with E-state index in [-0.39, 0.29) is 5.56 Å². The number of hydrazine groups is 1. The van der Waals surface area contributed by atoms with Crippen molar-refractivity contribution in [3.63, 3.8) is 0 Å². The number of halogens is 2. The minimum atomic E-state index is -2.48. The Kier molecular flexibility index (Phi) is 2.54. The molecule has 1 heterocycles. The molecule has 0 saturated heterocycles. The highest BCUT2D eigenvalue weighted by molar-refractivity contribution is 5.37. The first-order chi connectivity index (χ1) is 5.65. The van der Waals surface area contributed by atoms with Gasteiger partial charge in [-0.3, -0.25) is 0 Å². The zero-order valence-electron chi connectivity index (χ0n) is 6.51. The summed E-state index contributed by atoms with van der Waals surface area (Å²) in [6.45, 7) is 1.52. The summed E-state index contributed by atoms with van der Waals surface area (Å²) in [6.07, 6.45) is -2.48. The van der Waals surface area contributed by atoms with E-state index in [1.165, 1.54) is 19.1 Å². The van der Waals surface area contributed by atoms with Crippen LogP contribution in [0.2, 0.25) is 0 Å². The average molecular weight is 173 g/mol. The number of nitrogens with one attached hydrogen (secondary N) is 1. The Hall–Kier alpha value is -1.23. The highest BCUT2D eigenvalue weighted by Crippen LogP contribution is 2.21. The number of aryl methyl sites for hydroxylation is 1. The topological polar surface area (TPSA) is 50.9 Å². The molecule has 0 amide bonds. The first kappa shape index (κ1) is 8.86. The van der Waals surface area contributed by atoms with Crippen LogP contribution in [0.25, 0.3) is 0 Å². The van der Waals surface area contributed by atoms with Crippen molar-refractivity contribution in [2.75, 3.05) is 5.43 Å². The van der Waals surface area contributed by atoms with E-state index in [0.717, 1.165) is 0 Å². The van der Waals surface area contributed by atoms with E-state index < -0.39 is 6.43 Å². The van der Waals surface area contributed by atoms with Gasteiger partial charge in [-0.2, -0.15) is 0 Å². The van der Waals surface area contributed by atoms with Crippen molar-refractivity contribution in [1.29, 1.82) is 0 Å². The van der Waals surface area contributed by atoms with Crippen molar-refractivity contribution in [2.24, 2.45) is 5.84 Å². The van der Waals surface area contributed by atoms with Crippen LogP contribution < -0.4 is 11.3 Å². The summed E-state index contributed by atoms with van der Waals surface area (Å²) in [5.74, 6) is 5.43. The van der Waals surface area contributed by atoms with Crippen LogP contribution in [0, 0.1) is 6.92 Å². The van der Waals surface area contributed by atoms with Gasteiger partial charge in [0.25, 0.3) is 6.43 Å². The van der Waals surface area contributed by atoms with E-state index in [2.05, 4.69) is 10.4 Å². The predicted octanol–water partition coefficient (Wildman–Crippen LogP) is 1.61. The van der Waals surface area contributed by atoms with Crippen LogP contribution in [0.3, 0.4) is 0 Å². The van der Waals surface area contributed by atoms with E-state index in [1.54, 1.807) is 0 Å². The molecule has 5 heteroatoms. The van der Waals surface area contributed by atoms with E-state index in [4.69, 9.17) is 5.84 Å². The van der Waals surface area contributed by atoms with Gasteiger partial charge in [0.15, 0.2) is 0 Å². The standard InChI is InChI=1S/C7H9F2N3/c1-4-5(7(8)9)2-3-6(11-4)12-10/h2-3,7H,10H2,1H3,(H,11,12). The molecule has 3 N–H and O–H groups in total. The smallest absolute Gasteiger partial charge is 0.265 e. The van der Waals surface area contributed by atoms with Gasteiger partial charge in [0.05, 0.1) is 0 Å². The molecule has 0 atom stereocenters. The largest absolute Gasteiger partial charge is 0.308 e. The van der Waals surface area contributed by atoms with Gasteiger partial charge in [-0.1, -0.05) is 0 Å². The van der Waals surface area contributed by atoms with E-state index in [0.29, 0.717) is 11.5 Å². The Morgan fingerprint density at radius 3 is 2.58 bits per heavy atom. The maximum absolute atomic E-state index is 12.2. The van der Waals surface area contributed by atoms with Crippen LogP contribution in [0.15, 0.2) is 12.1 Å². The molecule has 0 aliphatic rings. The van der Waals surface area contributed by atoms with Gasteiger partial charge in [-0.05, 0) is 19.1 Å². The second-order valence-electron chi connectivity index (χ2n) is 2.32. The molecule has 0 spiro atoms. The van der Waals surface area contributed by atoms with Gasteiger partial charge in [0.2, 0.25) is 0 Å². The number of nitrogen functional groups attached to an aromatic ring is 1. The lowest BCUT2D eigenvalue weighted by Gasteiger charge is -2.05. The summed E-state index contributed by atoms with van der Waals surface area (Å²) in [5.41, 5.74) is 2.51. The minimum Gasteiger partial charge on any atom is -0.308 e. The monoisotopic (exact) mass is 173 g/mol. The number of pyridine rings is 1. The molecule has 0 aromatic carbocycles. The van der Waals surface area contributed by atoms with E-state index in [9.17, 15) is 8.78 Å². The number of nitrogens with two attached hydrogens (primary N) is 1. The number of anilines is 1. The Morgan fingerprint density at radius 1 is 1.50 bits per heavy atom. The van der Waals surface area contributed by atoms with Gasteiger partial charge in [-0.15, -0.1) is 0 Å². The van der Waals surface area contributed by atoms with E-state index >= 15 is 0 Å². The first-order valence-electron chi connectivity index (χ1n) is 3.37. The van der Waals surface area contributed by atoms with Crippen molar-refractivity contribution < 1.29 is 8.78 Å². The molecule has 12 heavy (non-hydrogen) atoms. The Balaban J connectivity index is 3.03. The fraction of sp³-hybridized carbons (Fsp3) is 0.286. The summed E-state index contributed by atoms with van der Waals surface area (Å²) in [6, 6.07) is 2.72. The lowest BCUT2D eigenvalue weighted by atomic mass is 10.2. The van der Waals surface area contributed by atoms with Crippen molar-refractivity contribution in [2.45, 2.75) is 13.3 Å². The van der Waals surface area contributed by atoms with Crippen molar-refractivity contribution in [3.05, 3.63) is 23.4 Å².